The topological polar surface area (TPSA) is 38.8 Å². The molecule has 0 heterocycles. The number of rotatable bonds is 6. The van der Waals surface area contributed by atoms with Crippen molar-refractivity contribution in [1.29, 1.82) is 0 Å². The van der Waals surface area contributed by atoms with Gasteiger partial charge in [-0.3, -0.25) is 9.69 Å². The third kappa shape index (κ3) is 5.35. The lowest BCUT2D eigenvalue weighted by molar-refractivity contribution is -0.131. The van der Waals surface area contributed by atoms with Crippen molar-refractivity contribution in [2.45, 2.75) is 39.3 Å². The SMILES string of the molecule is CC(=O)Oc1ccc(C(=C2CCCc3ccccc32)c2ccc(OC(C)N(C)C)cc2)cc1. The van der Waals surface area contributed by atoms with E-state index in [2.05, 4.69) is 36.4 Å². The Morgan fingerprint density at radius 1 is 0.848 bits per heavy atom. The lowest BCUT2D eigenvalue weighted by Crippen LogP contribution is -2.30. The molecule has 0 fully saturated rings. The fraction of sp³-hybridized carbons (Fsp3) is 0.276. The van der Waals surface area contributed by atoms with E-state index < -0.39 is 0 Å². The van der Waals surface area contributed by atoms with E-state index in [0.717, 1.165) is 36.1 Å². The maximum absolute atomic E-state index is 11.3. The van der Waals surface area contributed by atoms with Crippen LogP contribution in [0, 0.1) is 0 Å². The zero-order valence-corrected chi connectivity index (χ0v) is 19.8. The summed E-state index contributed by atoms with van der Waals surface area (Å²) in [6, 6.07) is 24.8. The Kier molecular flexibility index (Phi) is 6.95. The molecular formula is C29H31NO3. The van der Waals surface area contributed by atoms with E-state index in [1.54, 1.807) is 0 Å². The lowest BCUT2D eigenvalue weighted by Gasteiger charge is -2.24. The van der Waals surface area contributed by atoms with Crippen molar-refractivity contribution < 1.29 is 14.3 Å². The number of hydrogen-bond donors (Lipinski definition) is 0. The fourth-order valence-electron chi connectivity index (χ4n) is 4.26. The highest BCUT2D eigenvalue weighted by atomic mass is 16.5. The van der Waals surface area contributed by atoms with E-state index in [-0.39, 0.29) is 12.2 Å². The summed E-state index contributed by atoms with van der Waals surface area (Å²) < 4.78 is 11.3. The molecule has 1 unspecified atom stereocenters. The molecule has 1 aliphatic rings. The van der Waals surface area contributed by atoms with Gasteiger partial charge in [0.25, 0.3) is 0 Å². The molecule has 33 heavy (non-hydrogen) atoms. The molecule has 0 aromatic heterocycles. The number of allylic oxidation sites excluding steroid dienone is 1. The minimum atomic E-state index is -0.315. The second-order valence-corrected chi connectivity index (χ2v) is 8.69. The normalized spacial score (nSPS) is 15.5. The highest BCUT2D eigenvalue weighted by molar-refractivity contribution is 5.99. The number of carbonyl (C=O) groups excluding carboxylic acids is 1. The van der Waals surface area contributed by atoms with Gasteiger partial charge < -0.3 is 9.47 Å². The van der Waals surface area contributed by atoms with Gasteiger partial charge in [-0.25, -0.2) is 0 Å². The van der Waals surface area contributed by atoms with Gasteiger partial charge in [-0.2, -0.15) is 0 Å². The third-order valence-corrected chi connectivity index (χ3v) is 6.10. The van der Waals surface area contributed by atoms with Crippen LogP contribution in [0.5, 0.6) is 11.5 Å². The molecule has 0 saturated carbocycles. The summed E-state index contributed by atoms with van der Waals surface area (Å²) in [5, 5.41) is 0. The Labute approximate surface area is 196 Å². The zero-order chi connectivity index (χ0) is 23.4. The Morgan fingerprint density at radius 2 is 1.45 bits per heavy atom. The monoisotopic (exact) mass is 441 g/mol. The van der Waals surface area contributed by atoms with Crippen LogP contribution in [0.4, 0.5) is 0 Å². The van der Waals surface area contributed by atoms with Crippen molar-refractivity contribution in [3.05, 3.63) is 95.1 Å². The van der Waals surface area contributed by atoms with E-state index in [9.17, 15) is 4.79 Å². The summed E-state index contributed by atoms with van der Waals surface area (Å²) in [6.45, 7) is 3.45. The summed E-state index contributed by atoms with van der Waals surface area (Å²) in [4.78, 5) is 13.4. The van der Waals surface area contributed by atoms with E-state index in [4.69, 9.17) is 9.47 Å². The highest BCUT2D eigenvalue weighted by Crippen LogP contribution is 2.40. The lowest BCUT2D eigenvalue weighted by atomic mass is 9.81. The molecule has 170 valence electrons. The van der Waals surface area contributed by atoms with Crippen LogP contribution in [-0.4, -0.2) is 31.2 Å². The summed E-state index contributed by atoms with van der Waals surface area (Å²) in [5.74, 6) is 1.09. The van der Waals surface area contributed by atoms with Crippen molar-refractivity contribution in [2.75, 3.05) is 14.1 Å². The number of carbonyl (C=O) groups is 1. The Balaban J connectivity index is 1.79. The quantitative estimate of drug-likeness (QED) is 0.260. The predicted octanol–water partition coefficient (Wildman–Crippen LogP) is 6.19. The van der Waals surface area contributed by atoms with Crippen LogP contribution in [0.15, 0.2) is 72.8 Å². The Morgan fingerprint density at radius 3 is 2.06 bits per heavy atom. The molecular weight excluding hydrogens is 410 g/mol. The molecule has 4 nitrogen and oxygen atoms in total. The maximum Gasteiger partial charge on any atom is 0.308 e. The second-order valence-electron chi connectivity index (χ2n) is 8.69. The van der Waals surface area contributed by atoms with Crippen LogP contribution >= 0.6 is 0 Å². The summed E-state index contributed by atoms with van der Waals surface area (Å²) >= 11 is 0. The van der Waals surface area contributed by atoms with Gasteiger partial charge >= 0.3 is 5.97 Å². The van der Waals surface area contributed by atoms with Crippen molar-refractivity contribution in [3.8, 4) is 11.5 Å². The van der Waals surface area contributed by atoms with Crippen LogP contribution in [0.1, 0.15) is 48.9 Å². The first-order chi connectivity index (χ1) is 15.9. The maximum atomic E-state index is 11.3. The molecule has 0 saturated heterocycles. The smallest absolute Gasteiger partial charge is 0.308 e. The molecule has 0 bridgehead atoms. The molecule has 0 aliphatic heterocycles. The molecule has 3 aromatic rings. The molecule has 0 radical (unpaired) electrons. The van der Waals surface area contributed by atoms with E-state index in [0.29, 0.717) is 5.75 Å². The first kappa shape index (κ1) is 22.8. The van der Waals surface area contributed by atoms with Gasteiger partial charge in [0, 0.05) is 6.92 Å². The van der Waals surface area contributed by atoms with Crippen LogP contribution in [0.2, 0.25) is 0 Å². The van der Waals surface area contributed by atoms with Gasteiger partial charge in [0.1, 0.15) is 17.7 Å². The summed E-state index contributed by atoms with van der Waals surface area (Å²) in [5.41, 5.74) is 7.53. The van der Waals surface area contributed by atoms with E-state index >= 15 is 0 Å². The molecule has 4 heteroatoms. The molecule has 1 aliphatic carbocycles. The number of nitrogens with zero attached hydrogens (tertiary/aromatic N) is 1. The molecule has 0 spiro atoms. The molecule has 0 N–H and O–H groups in total. The van der Waals surface area contributed by atoms with Crippen molar-refractivity contribution in [1.82, 2.24) is 4.90 Å². The number of aryl methyl sites for hydroxylation is 1. The molecule has 1 atom stereocenters. The van der Waals surface area contributed by atoms with Crippen LogP contribution < -0.4 is 9.47 Å². The number of fused-ring (bicyclic) bond motifs is 1. The average Bonchev–Trinajstić information content (AvgIpc) is 2.81. The van der Waals surface area contributed by atoms with Crippen molar-refractivity contribution in [2.24, 2.45) is 0 Å². The Bertz CT molecular complexity index is 1140. The highest BCUT2D eigenvalue weighted by Gasteiger charge is 2.20. The number of benzene rings is 3. The predicted molar refractivity (Wildman–Crippen MR) is 133 cm³/mol. The van der Waals surface area contributed by atoms with Gasteiger partial charge in [-0.05, 0) is 97.9 Å². The van der Waals surface area contributed by atoms with E-state index in [1.165, 1.54) is 29.2 Å². The largest absolute Gasteiger partial charge is 0.475 e. The number of ether oxygens (including phenoxy) is 2. The molecule has 4 rings (SSSR count). The van der Waals surface area contributed by atoms with Crippen molar-refractivity contribution in [3.63, 3.8) is 0 Å². The van der Waals surface area contributed by atoms with Crippen molar-refractivity contribution >= 4 is 17.1 Å². The second kappa shape index (κ2) is 10.1. The summed E-state index contributed by atoms with van der Waals surface area (Å²) in [6.07, 6.45) is 3.25. The number of hydrogen-bond acceptors (Lipinski definition) is 4. The number of esters is 1. The van der Waals surface area contributed by atoms with E-state index in [1.807, 2.05) is 62.3 Å². The van der Waals surface area contributed by atoms with Gasteiger partial charge in [-0.15, -0.1) is 0 Å². The zero-order valence-electron chi connectivity index (χ0n) is 19.8. The first-order valence-corrected chi connectivity index (χ1v) is 11.5. The van der Waals surface area contributed by atoms with Crippen LogP contribution in [0.25, 0.3) is 11.1 Å². The first-order valence-electron chi connectivity index (χ1n) is 11.5. The average molecular weight is 442 g/mol. The fourth-order valence-corrected chi connectivity index (χ4v) is 4.26. The molecule has 3 aromatic carbocycles. The van der Waals surface area contributed by atoms with Gasteiger partial charge in [-0.1, -0.05) is 48.5 Å². The summed E-state index contributed by atoms with van der Waals surface area (Å²) in [7, 11) is 4.00. The standard InChI is InChI=1S/C29H31NO3/c1-20(30(3)4)32-25-16-12-23(13-17-25)29(24-14-18-26(19-15-24)33-21(2)31)28-11-7-9-22-8-5-6-10-27(22)28/h5-6,8,10,12-20H,7,9,11H2,1-4H3. The van der Waals surface area contributed by atoms with Gasteiger partial charge in [0.05, 0.1) is 0 Å². The van der Waals surface area contributed by atoms with Gasteiger partial charge in [0.2, 0.25) is 0 Å². The molecule has 0 amide bonds. The minimum Gasteiger partial charge on any atom is -0.475 e. The van der Waals surface area contributed by atoms with Crippen LogP contribution in [0.3, 0.4) is 0 Å². The Hall–Kier alpha value is -3.37. The van der Waals surface area contributed by atoms with Crippen LogP contribution in [-0.2, 0) is 11.2 Å². The van der Waals surface area contributed by atoms with Gasteiger partial charge in [0.15, 0.2) is 0 Å². The minimum absolute atomic E-state index is 0.00674. The third-order valence-electron chi connectivity index (χ3n) is 6.10.